The summed E-state index contributed by atoms with van der Waals surface area (Å²) in [4.78, 5) is 26.1. The van der Waals surface area contributed by atoms with Crippen molar-refractivity contribution >= 4 is 29.9 Å². The molecule has 0 radical (unpaired) electrons. The summed E-state index contributed by atoms with van der Waals surface area (Å²) >= 11 is 0. The van der Waals surface area contributed by atoms with Crippen LogP contribution < -0.4 is 16.0 Å². The van der Waals surface area contributed by atoms with E-state index in [0.29, 0.717) is 19.5 Å². The summed E-state index contributed by atoms with van der Waals surface area (Å²) in [5.74, 6) is 0.0164. The number of halogens is 1. The van der Waals surface area contributed by atoms with Crippen LogP contribution in [0.25, 0.3) is 0 Å². The van der Waals surface area contributed by atoms with Crippen molar-refractivity contribution in [3.05, 3.63) is 29.8 Å². The van der Waals surface area contributed by atoms with Gasteiger partial charge in [0.15, 0.2) is 0 Å². The van der Waals surface area contributed by atoms with Gasteiger partial charge in [-0.25, -0.2) is 0 Å². The fourth-order valence-electron chi connectivity index (χ4n) is 3.43. The van der Waals surface area contributed by atoms with Crippen molar-refractivity contribution < 1.29 is 9.59 Å². The molecule has 0 unspecified atom stereocenters. The number of nitrogens with one attached hydrogen (secondary N) is 1. The minimum absolute atomic E-state index is 0. The number of amides is 2. The highest BCUT2D eigenvalue weighted by Gasteiger charge is 2.35. The predicted molar refractivity (Wildman–Crippen MR) is 92.8 cm³/mol. The van der Waals surface area contributed by atoms with E-state index in [0.717, 1.165) is 43.4 Å². The molecule has 3 rings (SSSR count). The molecule has 0 aromatic heterocycles. The Morgan fingerprint density at radius 1 is 1.22 bits per heavy atom. The first kappa shape index (κ1) is 17.8. The number of hydrogen-bond acceptors (Lipinski definition) is 3. The molecule has 1 aliphatic carbocycles. The second kappa shape index (κ2) is 7.32. The van der Waals surface area contributed by atoms with Crippen molar-refractivity contribution in [3.8, 4) is 0 Å². The standard InChI is InChI=1S/C17H23N3O2.ClH/c18-17(8-4-1-5-9-17)16(22)19-10-11-20-14-7-3-2-6-13(14)12-15(20)21;/h2-3,6-7H,1,4-5,8-12,18H2,(H,19,22);1H. The molecule has 0 atom stereocenters. The fraction of sp³-hybridized carbons (Fsp3) is 0.529. The van der Waals surface area contributed by atoms with E-state index >= 15 is 0 Å². The number of anilines is 1. The first-order valence-electron chi connectivity index (χ1n) is 8.06. The first-order valence-corrected chi connectivity index (χ1v) is 8.06. The summed E-state index contributed by atoms with van der Waals surface area (Å²) in [6.45, 7) is 0.940. The van der Waals surface area contributed by atoms with Gasteiger partial charge in [0.2, 0.25) is 11.8 Å². The lowest BCUT2D eigenvalue weighted by molar-refractivity contribution is -0.127. The number of carbonyl (C=O) groups is 2. The van der Waals surface area contributed by atoms with Gasteiger partial charge in [-0.15, -0.1) is 12.4 Å². The fourth-order valence-corrected chi connectivity index (χ4v) is 3.43. The normalized spacial score (nSPS) is 19.0. The number of nitrogens with zero attached hydrogens (tertiary/aromatic N) is 1. The highest BCUT2D eigenvalue weighted by atomic mass is 35.5. The van der Waals surface area contributed by atoms with Crippen molar-refractivity contribution in [2.75, 3.05) is 18.0 Å². The van der Waals surface area contributed by atoms with Gasteiger partial charge < -0.3 is 16.0 Å². The Morgan fingerprint density at radius 2 is 1.91 bits per heavy atom. The number of benzene rings is 1. The molecule has 0 bridgehead atoms. The van der Waals surface area contributed by atoms with Crippen molar-refractivity contribution in [1.29, 1.82) is 0 Å². The topological polar surface area (TPSA) is 75.4 Å². The molecule has 1 aliphatic heterocycles. The highest BCUT2D eigenvalue weighted by molar-refractivity contribution is 6.01. The third-order valence-electron chi connectivity index (χ3n) is 4.74. The number of hydrogen-bond donors (Lipinski definition) is 2. The van der Waals surface area contributed by atoms with Crippen molar-refractivity contribution in [1.82, 2.24) is 5.32 Å². The van der Waals surface area contributed by atoms with Crippen molar-refractivity contribution in [3.63, 3.8) is 0 Å². The summed E-state index contributed by atoms with van der Waals surface area (Å²) in [5.41, 5.74) is 7.51. The molecule has 6 heteroatoms. The maximum atomic E-state index is 12.3. The van der Waals surface area contributed by atoms with Crippen molar-refractivity contribution in [2.45, 2.75) is 44.1 Å². The lowest BCUT2D eigenvalue weighted by atomic mass is 9.82. The quantitative estimate of drug-likeness (QED) is 0.879. The zero-order chi connectivity index (χ0) is 15.6. The largest absolute Gasteiger partial charge is 0.353 e. The van der Waals surface area contributed by atoms with Crippen LogP contribution in [0.4, 0.5) is 5.69 Å². The second-order valence-electron chi connectivity index (χ2n) is 6.32. The molecular formula is C17H24ClN3O2. The van der Waals surface area contributed by atoms with Crippen LogP contribution in [0, 0.1) is 0 Å². The minimum atomic E-state index is -0.717. The monoisotopic (exact) mass is 337 g/mol. The molecule has 2 amide bonds. The average Bonchev–Trinajstić information content (AvgIpc) is 2.84. The van der Waals surface area contributed by atoms with Crippen LogP contribution in [-0.4, -0.2) is 30.4 Å². The van der Waals surface area contributed by atoms with Gasteiger partial charge in [-0.1, -0.05) is 37.5 Å². The molecule has 1 aromatic rings. The highest BCUT2D eigenvalue weighted by Crippen LogP contribution is 2.28. The van der Waals surface area contributed by atoms with E-state index in [2.05, 4.69) is 5.32 Å². The molecule has 0 spiro atoms. The molecule has 2 aliphatic rings. The third kappa shape index (κ3) is 3.67. The number of fused-ring (bicyclic) bond motifs is 1. The van der Waals surface area contributed by atoms with Gasteiger partial charge in [0.1, 0.15) is 0 Å². The lowest BCUT2D eigenvalue weighted by Gasteiger charge is -2.32. The van der Waals surface area contributed by atoms with E-state index in [1.807, 2.05) is 24.3 Å². The Labute approximate surface area is 143 Å². The van der Waals surface area contributed by atoms with Crippen LogP contribution in [0.3, 0.4) is 0 Å². The predicted octanol–water partition coefficient (Wildman–Crippen LogP) is 1.78. The van der Waals surface area contributed by atoms with Gasteiger partial charge in [-0.2, -0.15) is 0 Å². The van der Waals surface area contributed by atoms with Gasteiger partial charge >= 0.3 is 0 Å². The Balaban J connectivity index is 0.00000192. The summed E-state index contributed by atoms with van der Waals surface area (Å²) in [5, 5.41) is 2.91. The van der Waals surface area contributed by atoms with Gasteiger partial charge in [-0.3, -0.25) is 9.59 Å². The van der Waals surface area contributed by atoms with E-state index < -0.39 is 5.54 Å². The molecule has 1 saturated carbocycles. The van der Waals surface area contributed by atoms with E-state index in [1.165, 1.54) is 0 Å². The van der Waals surface area contributed by atoms with Crippen LogP contribution in [-0.2, 0) is 16.0 Å². The van der Waals surface area contributed by atoms with Crippen molar-refractivity contribution in [2.24, 2.45) is 5.73 Å². The number of para-hydroxylation sites is 1. The van der Waals surface area contributed by atoms with E-state index in [4.69, 9.17) is 5.73 Å². The Morgan fingerprint density at radius 3 is 2.65 bits per heavy atom. The smallest absolute Gasteiger partial charge is 0.240 e. The maximum absolute atomic E-state index is 12.3. The molecular weight excluding hydrogens is 314 g/mol. The molecule has 1 heterocycles. The number of rotatable bonds is 4. The van der Waals surface area contributed by atoms with Crippen LogP contribution in [0.2, 0.25) is 0 Å². The second-order valence-corrected chi connectivity index (χ2v) is 6.32. The zero-order valence-electron chi connectivity index (χ0n) is 13.2. The molecule has 3 N–H and O–H groups in total. The van der Waals surface area contributed by atoms with E-state index in [-0.39, 0.29) is 24.2 Å². The van der Waals surface area contributed by atoms with Gasteiger partial charge in [0, 0.05) is 18.8 Å². The van der Waals surface area contributed by atoms with E-state index in [1.54, 1.807) is 4.90 Å². The Hall–Kier alpha value is -1.59. The van der Waals surface area contributed by atoms with Crippen LogP contribution in [0.1, 0.15) is 37.7 Å². The molecule has 23 heavy (non-hydrogen) atoms. The molecule has 0 saturated heterocycles. The molecule has 5 nitrogen and oxygen atoms in total. The first-order chi connectivity index (χ1) is 10.6. The van der Waals surface area contributed by atoms with Crippen LogP contribution in [0.5, 0.6) is 0 Å². The maximum Gasteiger partial charge on any atom is 0.240 e. The summed E-state index contributed by atoms with van der Waals surface area (Å²) in [7, 11) is 0. The number of nitrogens with two attached hydrogens (primary N) is 1. The zero-order valence-corrected chi connectivity index (χ0v) is 14.0. The lowest BCUT2D eigenvalue weighted by Crippen LogP contribution is -2.55. The minimum Gasteiger partial charge on any atom is -0.353 e. The third-order valence-corrected chi connectivity index (χ3v) is 4.74. The molecule has 1 fully saturated rings. The van der Waals surface area contributed by atoms with Gasteiger partial charge in [0.25, 0.3) is 0 Å². The Bertz CT molecular complexity index is 585. The van der Waals surface area contributed by atoms with Gasteiger partial charge in [0.05, 0.1) is 12.0 Å². The average molecular weight is 338 g/mol. The molecule has 126 valence electrons. The van der Waals surface area contributed by atoms with Crippen LogP contribution >= 0.6 is 12.4 Å². The van der Waals surface area contributed by atoms with E-state index in [9.17, 15) is 9.59 Å². The number of carbonyl (C=O) groups excluding carboxylic acids is 2. The summed E-state index contributed by atoms with van der Waals surface area (Å²) < 4.78 is 0. The summed E-state index contributed by atoms with van der Waals surface area (Å²) in [6, 6.07) is 7.80. The SMILES string of the molecule is Cl.NC1(C(=O)NCCN2C(=O)Cc3ccccc32)CCCCC1. The molecule has 1 aromatic carbocycles. The summed E-state index contributed by atoms with van der Waals surface area (Å²) in [6.07, 6.45) is 5.15. The Kier molecular flexibility index (Phi) is 5.65. The van der Waals surface area contributed by atoms with Gasteiger partial charge in [-0.05, 0) is 24.5 Å². The van der Waals surface area contributed by atoms with Crippen LogP contribution in [0.15, 0.2) is 24.3 Å².